The number of aryl methyl sites for hydroxylation is 1. The summed E-state index contributed by atoms with van der Waals surface area (Å²) in [5.41, 5.74) is 1.79. The van der Waals surface area contributed by atoms with Gasteiger partial charge in [0.1, 0.15) is 5.56 Å². The number of nitrogens with zero attached hydrogens (tertiary/aromatic N) is 4. The van der Waals surface area contributed by atoms with Gasteiger partial charge in [-0.15, -0.1) is 23.1 Å². The SMILES string of the molecule is Cc1sc(-c2nc(Nc3cc4c(cc3Cl)CN(C)CC4)ncc2C(F)(F)F)cc1SCCN(C=O)C1CC1. The van der Waals surface area contributed by atoms with Crippen LogP contribution in [-0.4, -0.2) is 58.1 Å². The normalized spacial score (nSPS) is 15.8. The minimum absolute atomic E-state index is 0.0501. The number of amides is 1. The predicted molar refractivity (Wildman–Crippen MR) is 146 cm³/mol. The first kappa shape index (κ1) is 27.2. The third-order valence-corrected chi connectivity index (χ3v) is 9.32. The minimum Gasteiger partial charge on any atom is -0.341 e. The molecule has 0 atom stereocenters. The van der Waals surface area contributed by atoms with Crippen molar-refractivity contribution < 1.29 is 18.0 Å². The van der Waals surface area contributed by atoms with Crippen LogP contribution in [0.2, 0.25) is 5.02 Å². The van der Waals surface area contributed by atoms with Crippen LogP contribution in [0.4, 0.5) is 24.8 Å². The molecule has 1 N–H and O–H groups in total. The summed E-state index contributed by atoms with van der Waals surface area (Å²) < 4.78 is 41.8. The number of alkyl halides is 3. The van der Waals surface area contributed by atoms with E-state index in [9.17, 15) is 18.0 Å². The molecule has 0 spiro atoms. The Hall–Kier alpha value is -2.34. The zero-order chi connectivity index (χ0) is 27.0. The Bertz CT molecular complexity index is 1350. The van der Waals surface area contributed by atoms with Crippen molar-refractivity contribution in [3.63, 3.8) is 0 Å². The molecule has 202 valence electrons. The quantitative estimate of drug-likeness (QED) is 0.226. The lowest BCUT2D eigenvalue weighted by Gasteiger charge is -2.26. The highest BCUT2D eigenvalue weighted by atomic mass is 35.5. The summed E-state index contributed by atoms with van der Waals surface area (Å²) in [6.07, 6.45) is 0.0147. The van der Waals surface area contributed by atoms with E-state index in [0.717, 1.165) is 65.9 Å². The number of hydrogen-bond donors (Lipinski definition) is 1. The van der Waals surface area contributed by atoms with Gasteiger partial charge in [0.15, 0.2) is 0 Å². The van der Waals surface area contributed by atoms with Crippen LogP contribution in [0.15, 0.2) is 29.3 Å². The smallest absolute Gasteiger partial charge is 0.341 e. The highest BCUT2D eigenvalue weighted by Gasteiger charge is 2.36. The molecule has 1 aromatic carbocycles. The number of halogens is 4. The third-order valence-electron chi connectivity index (χ3n) is 6.70. The van der Waals surface area contributed by atoms with Gasteiger partial charge in [0.05, 0.1) is 21.3 Å². The van der Waals surface area contributed by atoms with E-state index in [1.807, 2.05) is 26.1 Å². The molecule has 1 aliphatic carbocycles. The van der Waals surface area contributed by atoms with Gasteiger partial charge in [0.2, 0.25) is 12.4 Å². The number of thiophene rings is 1. The Morgan fingerprint density at radius 2 is 2.08 bits per heavy atom. The maximum Gasteiger partial charge on any atom is 0.420 e. The summed E-state index contributed by atoms with van der Waals surface area (Å²) in [4.78, 5) is 25.8. The van der Waals surface area contributed by atoms with Gasteiger partial charge in [-0.1, -0.05) is 11.6 Å². The molecule has 1 amide bonds. The molecule has 0 bridgehead atoms. The number of hydrogen-bond acceptors (Lipinski definition) is 7. The number of rotatable bonds is 9. The standard InChI is InChI=1S/C26H27ClF3N5OS2/c1-15-22(37-8-7-35(14-36)18-3-4-18)11-23(38-15)24-19(26(28,29)30)12-31-25(33-24)32-21-10-16-5-6-34(2)13-17(16)9-20(21)27/h9-12,14,18H,3-8,13H2,1-2H3,(H,31,32,33). The van der Waals surface area contributed by atoms with E-state index in [2.05, 4.69) is 20.2 Å². The second-order valence-corrected chi connectivity index (χ2v) is 12.4. The molecule has 2 aromatic heterocycles. The van der Waals surface area contributed by atoms with Crippen molar-refractivity contribution in [2.45, 2.75) is 49.8 Å². The van der Waals surface area contributed by atoms with Crippen LogP contribution in [0, 0.1) is 6.92 Å². The number of carbonyl (C=O) groups excluding carboxylic acids is 1. The van der Waals surface area contributed by atoms with E-state index in [-0.39, 0.29) is 11.6 Å². The first-order chi connectivity index (χ1) is 18.1. The van der Waals surface area contributed by atoms with Gasteiger partial charge in [-0.3, -0.25) is 4.79 Å². The maximum atomic E-state index is 13.9. The largest absolute Gasteiger partial charge is 0.420 e. The van der Waals surface area contributed by atoms with Crippen LogP contribution in [-0.2, 0) is 23.9 Å². The number of carbonyl (C=O) groups is 1. The fourth-order valence-corrected chi connectivity index (χ4v) is 6.94. The van der Waals surface area contributed by atoms with Crippen LogP contribution < -0.4 is 5.32 Å². The molecule has 1 saturated carbocycles. The van der Waals surface area contributed by atoms with Crippen molar-refractivity contribution >= 4 is 52.7 Å². The summed E-state index contributed by atoms with van der Waals surface area (Å²) >= 11 is 9.31. The number of nitrogens with one attached hydrogen (secondary N) is 1. The van der Waals surface area contributed by atoms with Crippen LogP contribution in [0.1, 0.15) is 34.4 Å². The van der Waals surface area contributed by atoms with Gasteiger partial charge < -0.3 is 15.1 Å². The van der Waals surface area contributed by atoms with E-state index >= 15 is 0 Å². The van der Waals surface area contributed by atoms with Gasteiger partial charge >= 0.3 is 6.18 Å². The Morgan fingerprint density at radius 1 is 1.29 bits per heavy atom. The van der Waals surface area contributed by atoms with Gasteiger partial charge in [-0.25, -0.2) is 9.97 Å². The van der Waals surface area contributed by atoms with E-state index in [1.165, 1.54) is 23.1 Å². The van der Waals surface area contributed by atoms with Crippen molar-refractivity contribution in [2.75, 3.05) is 31.2 Å². The van der Waals surface area contributed by atoms with Crippen molar-refractivity contribution in [1.82, 2.24) is 19.8 Å². The Morgan fingerprint density at radius 3 is 2.79 bits per heavy atom. The molecule has 5 rings (SSSR count). The van der Waals surface area contributed by atoms with Crippen molar-refractivity contribution in [3.05, 3.63) is 51.0 Å². The van der Waals surface area contributed by atoms with E-state index in [1.54, 1.807) is 11.0 Å². The van der Waals surface area contributed by atoms with Gasteiger partial charge in [0.25, 0.3) is 0 Å². The van der Waals surface area contributed by atoms with Crippen LogP contribution in [0.5, 0.6) is 0 Å². The fraction of sp³-hybridized carbons (Fsp3) is 0.423. The van der Waals surface area contributed by atoms with E-state index in [0.29, 0.717) is 33.9 Å². The molecule has 3 heterocycles. The summed E-state index contributed by atoms with van der Waals surface area (Å²) in [5.74, 6) is 0.718. The van der Waals surface area contributed by atoms with Crippen molar-refractivity contribution in [1.29, 1.82) is 0 Å². The van der Waals surface area contributed by atoms with Crippen LogP contribution in [0.25, 0.3) is 10.6 Å². The Labute approximate surface area is 232 Å². The number of aromatic nitrogens is 2. The lowest BCUT2D eigenvalue weighted by Crippen LogP contribution is -2.26. The molecular formula is C26H27ClF3N5OS2. The van der Waals surface area contributed by atoms with Crippen molar-refractivity contribution in [2.24, 2.45) is 0 Å². The molecule has 0 unspecified atom stereocenters. The third kappa shape index (κ3) is 6.11. The lowest BCUT2D eigenvalue weighted by atomic mass is 9.99. The summed E-state index contributed by atoms with van der Waals surface area (Å²) in [6, 6.07) is 5.90. The molecule has 0 radical (unpaired) electrons. The number of benzene rings is 1. The molecule has 1 fully saturated rings. The average Bonchev–Trinajstić information content (AvgIpc) is 3.64. The molecule has 3 aromatic rings. The fourth-order valence-electron chi connectivity index (χ4n) is 4.49. The molecule has 2 aliphatic rings. The zero-order valence-electron chi connectivity index (χ0n) is 20.9. The van der Waals surface area contributed by atoms with Crippen LogP contribution >= 0.6 is 34.7 Å². The minimum atomic E-state index is -4.61. The average molecular weight is 582 g/mol. The molecule has 12 heteroatoms. The van der Waals surface area contributed by atoms with Gasteiger partial charge in [0, 0.05) is 47.4 Å². The number of thioether (sulfide) groups is 1. The molecule has 38 heavy (non-hydrogen) atoms. The van der Waals surface area contributed by atoms with Crippen molar-refractivity contribution in [3.8, 4) is 10.6 Å². The van der Waals surface area contributed by atoms with Gasteiger partial charge in [-0.05, 0) is 62.6 Å². The second-order valence-electron chi connectivity index (χ2n) is 9.62. The first-order valence-electron chi connectivity index (χ1n) is 12.3. The Kier molecular flexibility index (Phi) is 7.91. The van der Waals surface area contributed by atoms with E-state index in [4.69, 9.17) is 11.6 Å². The summed E-state index contributed by atoms with van der Waals surface area (Å²) in [6.45, 7) is 4.20. The number of anilines is 2. The lowest BCUT2D eigenvalue weighted by molar-refractivity contribution is -0.137. The molecule has 6 nitrogen and oxygen atoms in total. The zero-order valence-corrected chi connectivity index (χ0v) is 23.3. The Balaban J connectivity index is 1.40. The highest BCUT2D eigenvalue weighted by molar-refractivity contribution is 7.99. The summed E-state index contributed by atoms with van der Waals surface area (Å²) in [5, 5.41) is 3.50. The molecule has 1 aliphatic heterocycles. The topological polar surface area (TPSA) is 61.4 Å². The van der Waals surface area contributed by atoms with E-state index < -0.39 is 11.7 Å². The number of likely N-dealkylation sites (N-methyl/N-ethyl adjacent to an activating group) is 1. The maximum absolute atomic E-state index is 13.9. The second kappa shape index (κ2) is 11.0. The molecular weight excluding hydrogens is 555 g/mol. The number of fused-ring (bicyclic) bond motifs is 1. The predicted octanol–water partition coefficient (Wildman–Crippen LogP) is 6.63. The van der Waals surface area contributed by atoms with Crippen LogP contribution in [0.3, 0.4) is 0 Å². The monoisotopic (exact) mass is 581 g/mol. The summed E-state index contributed by atoms with van der Waals surface area (Å²) in [7, 11) is 2.05. The molecule has 0 saturated heterocycles. The first-order valence-corrected chi connectivity index (χ1v) is 14.5. The van der Waals surface area contributed by atoms with Gasteiger partial charge in [-0.2, -0.15) is 13.2 Å². The highest BCUT2D eigenvalue weighted by Crippen LogP contribution is 2.42.